The first-order valence-electron chi connectivity index (χ1n) is 10.4. The molecule has 0 amide bonds. The molecule has 29 heavy (non-hydrogen) atoms. The molecule has 0 N–H and O–H groups in total. The number of carbonyl (C=O) groups excluding carboxylic acids is 1. The van der Waals surface area contributed by atoms with Crippen LogP contribution in [0.15, 0.2) is 55.1 Å². The first kappa shape index (κ1) is 21.2. The Hall–Kier alpha value is -2.49. The lowest BCUT2D eigenvalue weighted by Gasteiger charge is -2.27. The highest BCUT2D eigenvalue weighted by Crippen LogP contribution is 2.33. The summed E-state index contributed by atoms with van der Waals surface area (Å²) in [5.41, 5.74) is 0.926. The predicted octanol–water partition coefficient (Wildman–Crippen LogP) is 7.09. The van der Waals surface area contributed by atoms with Crippen LogP contribution in [-0.2, 0) is 4.79 Å². The van der Waals surface area contributed by atoms with E-state index in [4.69, 9.17) is 4.74 Å². The molecule has 0 aliphatic heterocycles. The van der Waals surface area contributed by atoms with Crippen molar-refractivity contribution in [1.82, 2.24) is 0 Å². The van der Waals surface area contributed by atoms with Crippen molar-refractivity contribution in [3.63, 3.8) is 0 Å². The summed E-state index contributed by atoms with van der Waals surface area (Å²) in [7, 11) is 0. The Morgan fingerprint density at radius 1 is 1.03 bits per heavy atom. The van der Waals surface area contributed by atoms with Crippen LogP contribution >= 0.6 is 0 Å². The summed E-state index contributed by atoms with van der Waals surface area (Å²) < 4.78 is 33.0. The minimum atomic E-state index is -0.495. The molecule has 2 aromatic rings. The van der Waals surface area contributed by atoms with Gasteiger partial charge in [-0.25, -0.2) is 8.78 Å². The average Bonchev–Trinajstić information content (AvgIpc) is 2.73. The first-order valence-corrected chi connectivity index (χ1v) is 10.4. The lowest BCUT2D eigenvalue weighted by molar-refractivity contribution is -0.140. The van der Waals surface area contributed by atoms with Crippen molar-refractivity contribution in [2.24, 2.45) is 11.8 Å². The summed E-state index contributed by atoms with van der Waals surface area (Å²) in [5, 5.41) is 0. The molecule has 0 saturated heterocycles. The Morgan fingerprint density at radius 2 is 1.76 bits per heavy atom. The van der Waals surface area contributed by atoms with Crippen LogP contribution in [0.3, 0.4) is 0 Å². The predicted molar refractivity (Wildman–Crippen MR) is 112 cm³/mol. The van der Waals surface area contributed by atoms with Crippen molar-refractivity contribution in [3.05, 3.63) is 66.8 Å². The summed E-state index contributed by atoms with van der Waals surface area (Å²) in [6.07, 6.45) is 10.4. The van der Waals surface area contributed by atoms with Gasteiger partial charge >= 0.3 is 5.97 Å². The van der Waals surface area contributed by atoms with Crippen molar-refractivity contribution < 1.29 is 18.3 Å². The number of unbranched alkanes of at least 4 members (excludes halogenated alkanes) is 2. The van der Waals surface area contributed by atoms with E-state index in [9.17, 15) is 13.6 Å². The SMILES string of the molecule is C=CCCCC[C@H]1CC[C@H](C(=O)Oc2ccc(-c3ccc(F)cc3)c(F)c2)CC1. The molecule has 1 saturated carbocycles. The van der Waals surface area contributed by atoms with Gasteiger partial charge in [0.1, 0.15) is 17.4 Å². The third kappa shape index (κ3) is 5.99. The van der Waals surface area contributed by atoms with Gasteiger partial charge in [-0.1, -0.05) is 31.1 Å². The van der Waals surface area contributed by atoms with Crippen LogP contribution in [0.1, 0.15) is 51.4 Å². The molecule has 0 bridgehead atoms. The maximum atomic E-state index is 14.5. The fourth-order valence-corrected chi connectivity index (χ4v) is 4.03. The second-order valence-corrected chi connectivity index (χ2v) is 7.86. The fourth-order valence-electron chi connectivity index (χ4n) is 4.03. The zero-order valence-electron chi connectivity index (χ0n) is 16.7. The zero-order chi connectivity index (χ0) is 20.6. The fraction of sp³-hybridized carbons (Fsp3) is 0.400. The number of allylic oxidation sites excluding steroid dienone is 1. The average molecular weight is 398 g/mol. The number of hydrogen-bond donors (Lipinski definition) is 0. The Balaban J connectivity index is 1.51. The largest absolute Gasteiger partial charge is 0.426 e. The standard InChI is InChI=1S/C25H28F2O2/c1-2-3-4-5-6-18-7-9-20(10-8-18)25(28)29-22-15-16-23(24(27)17-22)19-11-13-21(26)14-12-19/h2,11-18,20H,1,3-10H2/t18-,20-. The molecule has 3 rings (SSSR count). The highest BCUT2D eigenvalue weighted by Gasteiger charge is 2.27. The van der Waals surface area contributed by atoms with Gasteiger partial charge in [-0.3, -0.25) is 4.79 Å². The molecule has 1 aliphatic rings. The monoisotopic (exact) mass is 398 g/mol. The summed E-state index contributed by atoms with van der Waals surface area (Å²) in [5.74, 6) is -0.346. The van der Waals surface area contributed by atoms with Crippen LogP contribution in [0, 0.1) is 23.5 Å². The molecule has 0 unspecified atom stereocenters. The molecule has 2 nitrogen and oxygen atoms in total. The van der Waals surface area contributed by atoms with E-state index in [-0.39, 0.29) is 23.5 Å². The molecule has 0 atom stereocenters. The molecule has 154 valence electrons. The van der Waals surface area contributed by atoms with E-state index < -0.39 is 5.82 Å². The normalized spacial score (nSPS) is 19.0. The van der Waals surface area contributed by atoms with E-state index in [1.807, 2.05) is 6.08 Å². The number of rotatable bonds is 8. The van der Waals surface area contributed by atoms with Crippen molar-refractivity contribution >= 4 is 5.97 Å². The van der Waals surface area contributed by atoms with Crippen LogP contribution in [0.2, 0.25) is 0 Å². The Labute approximate surface area is 171 Å². The molecule has 4 heteroatoms. The van der Waals surface area contributed by atoms with Crippen LogP contribution in [0.25, 0.3) is 11.1 Å². The quantitative estimate of drug-likeness (QED) is 0.205. The molecule has 1 fully saturated rings. The summed E-state index contributed by atoms with van der Waals surface area (Å²) in [4.78, 5) is 12.5. The number of hydrogen-bond acceptors (Lipinski definition) is 2. The van der Waals surface area contributed by atoms with Crippen LogP contribution in [-0.4, -0.2) is 5.97 Å². The number of esters is 1. The summed E-state index contributed by atoms with van der Waals surface area (Å²) in [6, 6.07) is 10.00. The zero-order valence-corrected chi connectivity index (χ0v) is 16.7. The van der Waals surface area contributed by atoms with Crippen molar-refractivity contribution in [1.29, 1.82) is 0 Å². The van der Waals surface area contributed by atoms with Gasteiger partial charge in [0.15, 0.2) is 0 Å². The molecular weight excluding hydrogens is 370 g/mol. The van der Waals surface area contributed by atoms with Crippen LogP contribution in [0.5, 0.6) is 5.75 Å². The maximum absolute atomic E-state index is 14.5. The molecule has 0 heterocycles. The minimum Gasteiger partial charge on any atom is -0.426 e. The molecule has 0 radical (unpaired) electrons. The molecular formula is C25H28F2O2. The van der Waals surface area contributed by atoms with E-state index in [0.29, 0.717) is 17.0 Å². The maximum Gasteiger partial charge on any atom is 0.314 e. The highest BCUT2D eigenvalue weighted by molar-refractivity contribution is 5.75. The van der Waals surface area contributed by atoms with Gasteiger partial charge in [-0.2, -0.15) is 0 Å². The number of benzene rings is 2. The van der Waals surface area contributed by atoms with Gasteiger partial charge in [0.25, 0.3) is 0 Å². The lowest BCUT2D eigenvalue weighted by Crippen LogP contribution is -2.25. The number of halogens is 2. The minimum absolute atomic E-state index is 0.112. The van der Waals surface area contributed by atoms with Gasteiger partial charge in [0, 0.05) is 11.6 Å². The summed E-state index contributed by atoms with van der Waals surface area (Å²) >= 11 is 0. The second-order valence-electron chi connectivity index (χ2n) is 7.86. The number of carbonyl (C=O) groups is 1. The van der Waals surface area contributed by atoms with Gasteiger partial charge < -0.3 is 4.74 Å². The van der Waals surface area contributed by atoms with Crippen molar-refractivity contribution in [2.45, 2.75) is 51.4 Å². The van der Waals surface area contributed by atoms with Crippen LogP contribution < -0.4 is 4.74 Å². The second kappa shape index (κ2) is 10.3. The Bertz CT molecular complexity index is 821. The van der Waals surface area contributed by atoms with Gasteiger partial charge in [-0.15, -0.1) is 6.58 Å². The van der Waals surface area contributed by atoms with E-state index >= 15 is 0 Å². The Morgan fingerprint density at radius 3 is 2.41 bits per heavy atom. The Kier molecular flexibility index (Phi) is 7.56. The molecule has 1 aliphatic carbocycles. The topological polar surface area (TPSA) is 26.3 Å². The van der Waals surface area contributed by atoms with E-state index in [2.05, 4.69) is 6.58 Å². The lowest BCUT2D eigenvalue weighted by atomic mass is 9.80. The van der Waals surface area contributed by atoms with Gasteiger partial charge in [0.2, 0.25) is 0 Å². The van der Waals surface area contributed by atoms with Crippen molar-refractivity contribution in [2.75, 3.05) is 0 Å². The van der Waals surface area contributed by atoms with Crippen LogP contribution in [0.4, 0.5) is 8.78 Å². The smallest absolute Gasteiger partial charge is 0.314 e. The number of ether oxygens (including phenoxy) is 1. The van der Waals surface area contributed by atoms with E-state index in [0.717, 1.165) is 32.1 Å². The van der Waals surface area contributed by atoms with Crippen molar-refractivity contribution in [3.8, 4) is 16.9 Å². The van der Waals surface area contributed by atoms with Gasteiger partial charge in [-0.05, 0) is 74.3 Å². The molecule has 2 aromatic carbocycles. The third-order valence-electron chi connectivity index (χ3n) is 5.76. The first-order chi connectivity index (χ1) is 14.1. The molecule has 0 spiro atoms. The van der Waals surface area contributed by atoms with Gasteiger partial charge in [0.05, 0.1) is 5.92 Å². The molecule has 0 aromatic heterocycles. The highest BCUT2D eigenvalue weighted by atomic mass is 19.1. The summed E-state index contributed by atoms with van der Waals surface area (Å²) in [6.45, 7) is 3.75. The van der Waals surface area contributed by atoms with E-state index in [1.54, 1.807) is 12.1 Å². The van der Waals surface area contributed by atoms with E-state index in [1.165, 1.54) is 49.6 Å². The third-order valence-corrected chi connectivity index (χ3v) is 5.76.